The molecule has 5 atom stereocenters. The molecule has 11 rings (SSSR count). The van der Waals surface area contributed by atoms with Crippen molar-refractivity contribution in [2.75, 3.05) is 45.8 Å². The third-order valence-electron chi connectivity index (χ3n) is 14.7. The Morgan fingerprint density at radius 3 is 1.93 bits per heavy atom. The van der Waals surface area contributed by atoms with Crippen molar-refractivity contribution in [1.82, 2.24) is 19.2 Å². The average molecular weight is 883 g/mol. The standard InChI is InChI=1S/C45H62N4O10S2/c1-28-35(19-20-42-45(28)30-11-15-33(16-12-30)56-24-39-37(46-60(2,52)53)7-5-21-48(39)43(50)26-59-42)31-22-38(47-61(54,55)34-17-18-34)40-25-57-32-13-9-29(10-14-32)36-6-3-4-8-41(36)58-27-44(51)49(40)23-31/h3-4,6,8,19-20,29-34,37-40,46-47H,5,7,9-18,21-27H2,1-2H3/t29?,30?,31?,32?,33?,37?,38?,39-,40-/m0/s1. The van der Waals surface area contributed by atoms with Crippen LogP contribution in [0, 0.1) is 6.92 Å². The van der Waals surface area contributed by atoms with Crippen molar-refractivity contribution in [1.29, 1.82) is 0 Å². The number of fused-ring (bicyclic) bond motifs is 10. The van der Waals surface area contributed by atoms with Crippen LogP contribution in [0.15, 0.2) is 36.4 Å². The van der Waals surface area contributed by atoms with Crippen LogP contribution in [0.2, 0.25) is 0 Å². The zero-order valence-corrected chi connectivity index (χ0v) is 37.1. The Bertz CT molecular complexity index is 2170. The molecule has 0 aromatic heterocycles. The maximum atomic E-state index is 14.5. The van der Waals surface area contributed by atoms with Gasteiger partial charge in [-0.3, -0.25) is 9.59 Å². The van der Waals surface area contributed by atoms with E-state index in [0.29, 0.717) is 56.9 Å². The molecule has 3 saturated carbocycles. The topological polar surface area (TPSA) is 170 Å². The number of rotatable bonds is 6. The third kappa shape index (κ3) is 9.50. The molecule has 14 nitrogen and oxygen atoms in total. The molecule has 9 aliphatic rings. The molecule has 6 heterocycles. The van der Waals surface area contributed by atoms with Gasteiger partial charge in [-0.25, -0.2) is 26.3 Å². The predicted molar refractivity (Wildman–Crippen MR) is 229 cm³/mol. The summed E-state index contributed by atoms with van der Waals surface area (Å²) in [7, 11) is -7.14. The molecule has 3 aliphatic carbocycles. The zero-order valence-electron chi connectivity index (χ0n) is 35.5. The highest BCUT2D eigenvalue weighted by atomic mass is 32.2. The van der Waals surface area contributed by atoms with Gasteiger partial charge in [0.05, 0.1) is 49.0 Å². The van der Waals surface area contributed by atoms with Gasteiger partial charge in [0.2, 0.25) is 20.0 Å². The summed E-state index contributed by atoms with van der Waals surface area (Å²) in [5, 5.41) is -0.424. The van der Waals surface area contributed by atoms with Crippen molar-refractivity contribution < 1.29 is 45.4 Å². The minimum Gasteiger partial charge on any atom is -0.483 e. The number of nitrogens with zero attached hydrogens (tertiary/aromatic N) is 2. The van der Waals surface area contributed by atoms with E-state index < -0.39 is 49.5 Å². The molecule has 6 aliphatic heterocycles. The lowest BCUT2D eigenvalue weighted by molar-refractivity contribution is -0.141. The van der Waals surface area contributed by atoms with Crippen LogP contribution >= 0.6 is 0 Å². The lowest BCUT2D eigenvalue weighted by Gasteiger charge is -2.45. The number of nitrogens with one attached hydrogen (secondary N) is 2. The number of carbonyl (C=O) groups excluding carboxylic acids is 2. The van der Waals surface area contributed by atoms with Crippen LogP contribution in [-0.2, 0) is 39.1 Å². The number of ether oxygens (including phenoxy) is 4. The molecule has 2 aromatic carbocycles. The Hall–Kier alpha value is -3.28. The fourth-order valence-electron chi connectivity index (χ4n) is 11.4. The number of sulfonamides is 2. The number of benzene rings is 2. The maximum Gasteiger partial charge on any atom is 0.260 e. The molecule has 4 bridgehead atoms. The predicted octanol–water partition coefficient (Wildman–Crippen LogP) is 4.61. The summed E-state index contributed by atoms with van der Waals surface area (Å²) in [4.78, 5) is 32.0. The van der Waals surface area contributed by atoms with Crippen LogP contribution in [0.4, 0.5) is 0 Å². The van der Waals surface area contributed by atoms with Gasteiger partial charge in [0.25, 0.3) is 11.8 Å². The number of piperidine rings is 2. The van der Waals surface area contributed by atoms with Crippen LogP contribution < -0.4 is 18.9 Å². The minimum absolute atomic E-state index is 0.0196. The first-order chi connectivity index (χ1) is 29.3. The van der Waals surface area contributed by atoms with Gasteiger partial charge in [0, 0.05) is 36.7 Å². The van der Waals surface area contributed by atoms with Gasteiger partial charge in [0.1, 0.15) is 11.5 Å². The van der Waals surface area contributed by atoms with Gasteiger partial charge >= 0.3 is 0 Å². The molecule has 334 valence electrons. The number of carbonyl (C=O) groups is 2. The average Bonchev–Trinajstić information content (AvgIpc) is 4.10. The van der Waals surface area contributed by atoms with Crippen molar-refractivity contribution in [3.63, 3.8) is 0 Å². The fourth-order valence-corrected chi connectivity index (χ4v) is 13.8. The zero-order chi connectivity index (χ0) is 42.5. The highest BCUT2D eigenvalue weighted by molar-refractivity contribution is 7.90. The molecule has 0 radical (unpaired) electrons. The summed E-state index contributed by atoms with van der Waals surface area (Å²) in [5.74, 6) is 1.19. The number of para-hydroxylation sites is 1. The van der Waals surface area contributed by atoms with Gasteiger partial charge in [-0.1, -0.05) is 24.3 Å². The van der Waals surface area contributed by atoms with Gasteiger partial charge in [0.15, 0.2) is 13.2 Å². The van der Waals surface area contributed by atoms with E-state index in [4.69, 9.17) is 18.9 Å². The van der Waals surface area contributed by atoms with Crippen molar-refractivity contribution in [2.24, 2.45) is 0 Å². The number of amides is 2. The molecule has 2 aromatic rings. The Balaban J connectivity index is 1.03. The van der Waals surface area contributed by atoms with Crippen molar-refractivity contribution in [2.45, 2.75) is 150 Å². The summed E-state index contributed by atoms with van der Waals surface area (Å²) in [6, 6.07) is 10.0. The maximum absolute atomic E-state index is 14.5. The lowest BCUT2D eigenvalue weighted by atomic mass is 9.76. The Morgan fingerprint density at radius 2 is 1.26 bits per heavy atom. The van der Waals surface area contributed by atoms with E-state index in [1.165, 1.54) is 0 Å². The molecule has 5 fully saturated rings. The van der Waals surface area contributed by atoms with Crippen LogP contribution in [0.3, 0.4) is 0 Å². The molecule has 0 spiro atoms. The van der Waals surface area contributed by atoms with Crippen LogP contribution in [0.5, 0.6) is 11.5 Å². The van der Waals surface area contributed by atoms with Gasteiger partial charge in [-0.15, -0.1) is 0 Å². The van der Waals surface area contributed by atoms with E-state index in [2.05, 4.69) is 22.4 Å². The second-order valence-corrected chi connectivity index (χ2v) is 22.5. The van der Waals surface area contributed by atoms with E-state index in [0.717, 1.165) is 85.6 Å². The SMILES string of the molecule is Cc1c(C2CC(NS(=O)(=O)C3CC3)[C@@H]3COC4CCC(CC4)c4ccccc4OCC(=O)N3C2)ccc2c1C1CCC(CC1)OC[C@H]1C(NS(C)(=O)=O)CCCN1C(=O)CO2. The highest BCUT2D eigenvalue weighted by Gasteiger charge is 2.46. The largest absolute Gasteiger partial charge is 0.483 e. The molecule has 16 heteroatoms. The summed E-state index contributed by atoms with van der Waals surface area (Å²) in [6.45, 7) is 3.06. The second kappa shape index (κ2) is 17.7. The molecule has 2 N–H and O–H groups in total. The van der Waals surface area contributed by atoms with Crippen LogP contribution in [0.1, 0.15) is 123 Å². The second-order valence-electron chi connectivity index (χ2n) is 18.7. The highest BCUT2D eigenvalue weighted by Crippen LogP contribution is 2.45. The van der Waals surface area contributed by atoms with E-state index in [1.807, 2.05) is 35.2 Å². The summed E-state index contributed by atoms with van der Waals surface area (Å²) < 4.78 is 83.9. The van der Waals surface area contributed by atoms with E-state index in [9.17, 15) is 26.4 Å². The van der Waals surface area contributed by atoms with E-state index in [1.54, 1.807) is 4.90 Å². The first-order valence-corrected chi connectivity index (χ1v) is 26.0. The first kappa shape index (κ1) is 43.0. The molecule has 3 unspecified atom stereocenters. The van der Waals surface area contributed by atoms with E-state index >= 15 is 0 Å². The summed E-state index contributed by atoms with van der Waals surface area (Å²) >= 11 is 0. The van der Waals surface area contributed by atoms with Gasteiger partial charge in [-0.2, -0.15) is 0 Å². The quantitative estimate of drug-likeness (QED) is 0.418. The molecule has 61 heavy (non-hydrogen) atoms. The van der Waals surface area contributed by atoms with Gasteiger partial charge in [-0.05, 0) is 131 Å². The van der Waals surface area contributed by atoms with Crippen molar-refractivity contribution in [3.05, 3.63) is 58.7 Å². The van der Waals surface area contributed by atoms with Gasteiger partial charge < -0.3 is 28.7 Å². The monoisotopic (exact) mass is 882 g/mol. The summed E-state index contributed by atoms with van der Waals surface area (Å²) in [6.07, 6.45) is 11.2. The number of hydrogen-bond donors (Lipinski definition) is 2. The molecular formula is C45H62N4O10S2. The Kier molecular flexibility index (Phi) is 12.5. The molecule has 2 saturated heterocycles. The Morgan fingerprint density at radius 1 is 0.639 bits per heavy atom. The minimum atomic E-state index is -3.63. The normalized spacial score (nSPS) is 32.8. The molecular weight excluding hydrogens is 821 g/mol. The van der Waals surface area contributed by atoms with Crippen LogP contribution in [0.25, 0.3) is 0 Å². The van der Waals surface area contributed by atoms with E-state index in [-0.39, 0.29) is 62.3 Å². The van der Waals surface area contributed by atoms with Crippen molar-refractivity contribution in [3.8, 4) is 11.5 Å². The molecule has 2 amide bonds. The smallest absolute Gasteiger partial charge is 0.260 e. The van der Waals surface area contributed by atoms with Crippen molar-refractivity contribution >= 4 is 31.9 Å². The Labute approximate surface area is 360 Å². The fraction of sp³-hybridized carbons (Fsp3) is 0.689. The number of hydrogen-bond acceptors (Lipinski definition) is 10. The third-order valence-corrected chi connectivity index (χ3v) is 17.4. The van der Waals surface area contributed by atoms with Crippen LogP contribution in [-0.4, -0.2) is 126 Å². The first-order valence-electron chi connectivity index (χ1n) is 22.6. The summed E-state index contributed by atoms with van der Waals surface area (Å²) in [5.41, 5.74) is 4.22. The lowest BCUT2D eigenvalue weighted by Crippen LogP contribution is -2.61.